The standard InChI is InChI=1S/C51H71BN6O8/c1-7-8-9-10-11-12-13-33-14-17-35(18-15-33)49(62)58(6)45-36-19-21-42(64-25-23-54)39(28-36)38-26-34(16-20-41(38)63-24-22-53)27-40(57-46(59)32(2)56-48(45)61)47(60)55-31-52-65-44-30-37-29-43(50(37,3)4)51(44,5)66-52/h14-21,26,28,32,37,40,43-45H,7-13,22-25,27,29-31,53-54H2,1-6H3,(H,55,60)(H,56,61)(H,57,59)/t32-,37-,40-,43-,44+,45-,51-/m0/s1. The van der Waals surface area contributed by atoms with E-state index in [0.717, 1.165) is 37.7 Å². The highest BCUT2D eigenvalue weighted by Crippen LogP contribution is 2.65. The van der Waals surface area contributed by atoms with Crippen molar-refractivity contribution >= 4 is 30.7 Å². The number of hydrogen-bond acceptors (Lipinski definition) is 10. The maximum absolute atomic E-state index is 14.6. The van der Waals surface area contributed by atoms with E-state index < -0.39 is 48.6 Å². The molecule has 0 spiro atoms. The first-order chi connectivity index (χ1) is 31.7. The van der Waals surface area contributed by atoms with E-state index in [0.29, 0.717) is 51.2 Å². The van der Waals surface area contributed by atoms with E-state index in [1.54, 1.807) is 44.3 Å². The Bertz CT molecular complexity index is 2210. The van der Waals surface area contributed by atoms with Crippen molar-refractivity contribution in [1.29, 1.82) is 0 Å². The van der Waals surface area contributed by atoms with E-state index in [1.807, 2.05) is 30.3 Å². The van der Waals surface area contributed by atoms with Gasteiger partial charge in [0.15, 0.2) is 0 Å². The molecule has 3 aromatic rings. The molecule has 2 aliphatic heterocycles. The number of benzene rings is 3. The summed E-state index contributed by atoms with van der Waals surface area (Å²) in [7, 11) is 0.938. The normalized spacial score (nSPS) is 25.4. The van der Waals surface area contributed by atoms with Crippen LogP contribution in [0, 0.1) is 17.3 Å². The van der Waals surface area contributed by atoms with Crippen LogP contribution in [-0.4, -0.2) is 99.2 Å². The van der Waals surface area contributed by atoms with Crippen molar-refractivity contribution in [3.05, 3.63) is 82.9 Å². The van der Waals surface area contributed by atoms with Crippen LogP contribution in [0.5, 0.6) is 11.5 Å². The number of nitrogens with two attached hydrogens (primary N) is 2. The van der Waals surface area contributed by atoms with Crippen molar-refractivity contribution in [3.8, 4) is 22.6 Å². The van der Waals surface area contributed by atoms with Gasteiger partial charge in [-0.1, -0.05) is 77.1 Å². The van der Waals surface area contributed by atoms with Gasteiger partial charge < -0.3 is 51.1 Å². The molecule has 14 nitrogen and oxygen atoms in total. The van der Waals surface area contributed by atoms with Gasteiger partial charge in [-0.15, -0.1) is 0 Å². The van der Waals surface area contributed by atoms with E-state index in [-0.39, 0.29) is 56.6 Å². The van der Waals surface area contributed by atoms with E-state index in [4.69, 9.17) is 30.2 Å². The van der Waals surface area contributed by atoms with Crippen LogP contribution in [0.2, 0.25) is 0 Å². The summed E-state index contributed by atoms with van der Waals surface area (Å²) in [4.78, 5) is 58.6. The molecule has 15 heteroatoms. The van der Waals surface area contributed by atoms with Crippen LogP contribution in [0.15, 0.2) is 60.7 Å². The van der Waals surface area contributed by atoms with Crippen LogP contribution < -0.4 is 36.9 Å². The van der Waals surface area contributed by atoms with Gasteiger partial charge in [0, 0.05) is 43.2 Å². The Morgan fingerprint density at radius 3 is 2.21 bits per heavy atom. The third-order valence-electron chi connectivity index (χ3n) is 14.6. The lowest BCUT2D eigenvalue weighted by Crippen LogP contribution is -2.65. The predicted molar refractivity (Wildman–Crippen MR) is 256 cm³/mol. The SMILES string of the molecule is CCCCCCCCc1ccc(C(=O)N(C)[C@@H]2C(=O)N[C@@H](C)C(=O)N[C@H](C(=O)NCB3O[C@@H]4C[C@@H]5C[C@@H](C5(C)C)[C@]4(C)O3)Cc3ccc(OCCN)c(c3)-c3cc2ccc3OCCN)cc1. The molecule has 356 valence electrons. The Kier molecular flexibility index (Phi) is 15.8. The van der Waals surface area contributed by atoms with Crippen LogP contribution in [0.3, 0.4) is 0 Å². The number of ether oxygens (including phenoxy) is 2. The van der Waals surface area contributed by atoms with Gasteiger partial charge in [0.2, 0.25) is 17.7 Å². The number of amides is 4. The number of unbranched alkanes of at least 4 members (excludes halogenated alkanes) is 5. The summed E-state index contributed by atoms with van der Waals surface area (Å²) in [6.07, 6.45) is 10.3. The molecule has 0 radical (unpaired) electrons. The first-order valence-electron chi connectivity index (χ1n) is 24.2. The molecule has 5 aliphatic rings. The van der Waals surface area contributed by atoms with Gasteiger partial charge in [0.05, 0.1) is 18.1 Å². The Hall–Kier alpha value is -4.96. The average Bonchev–Trinajstić information content (AvgIpc) is 3.66. The van der Waals surface area contributed by atoms with Crippen LogP contribution in [0.1, 0.15) is 119 Å². The number of likely N-dealkylation sites (N-methyl/N-ethyl adjacent to an activating group) is 1. The number of carbonyl (C=O) groups is 4. The minimum absolute atomic E-state index is 0.0521. The molecule has 4 amide bonds. The second-order valence-electron chi connectivity index (χ2n) is 19.5. The Labute approximate surface area is 391 Å². The molecule has 3 saturated carbocycles. The lowest BCUT2D eigenvalue weighted by molar-refractivity contribution is -0.199. The summed E-state index contributed by atoms with van der Waals surface area (Å²) in [5.41, 5.74) is 15.5. The fourth-order valence-corrected chi connectivity index (χ4v) is 10.7. The van der Waals surface area contributed by atoms with Gasteiger partial charge in [-0.05, 0) is 110 Å². The van der Waals surface area contributed by atoms with Crippen LogP contribution in [-0.2, 0) is 36.5 Å². The molecule has 4 fully saturated rings. The van der Waals surface area contributed by atoms with Crippen molar-refractivity contribution in [2.75, 3.05) is 39.8 Å². The summed E-state index contributed by atoms with van der Waals surface area (Å²) >= 11 is 0. The summed E-state index contributed by atoms with van der Waals surface area (Å²) < 4.78 is 25.3. The highest BCUT2D eigenvalue weighted by Gasteiger charge is 2.67. The number of carbonyl (C=O) groups excluding carboxylic acids is 4. The van der Waals surface area contributed by atoms with Gasteiger partial charge in [-0.2, -0.15) is 0 Å². The van der Waals surface area contributed by atoms with E-state index >= 15 is 0 Å². The van der Waals surface area contributed by atoms with Crippen molar-refractivity contribution in [3.63, 3.8) is 0 Å². The van der Waals surface area contributed by atoms with E-state index in [9.17, 15) is 19.2 Å². The smallest absolute Gasteiger partial charge is 0.478 e. The monoisotopic (exact) mass is 907 g/mol. The Morgan fingerprint density at radius 2 is 1.53 bits per heavy atom. The summed E-state index contributed by atoms with van der Waals surface area (Å²) in [5, 5.41) is 8.77. The lowest BCUT2D eigenvalue weighted by Gasteiger charge is -2.64. The highest BCUT2D eigenvalue weighted by atomic mass is 16.7. The van der Waals surface area contributed by atoms with Crippen molar-refractivity contribution in [2.45, 2.75) is 129 Å². The zero-order valence-electron chi connectivity index (χ0n) is 39.8. The van der Waals surface area contributed by atoms with Gasteiger partial charge in [0.1, 0.15) is 42.8 Å². The van der Waals surface area contributed by atoms with Crippen LogP contribution in [0.25, 0.3) is 11.1 Å². The predicted octanol–water partition coefficient (Wildman–Crippen LogP) is 5.67. The van der Waals surface area contributed by atoms with Gasteiger partial charge in [-0.25, -0.2) is 0 Å². The van der Waals surface area contributed by atoms with Gasteiger partial charge in [-0.3, -0.25) is 19.2 Å². The van der Waals surface area contributed by atoms with Crippen molar-refractivity contribution < 1.29 is 38.0 Å². The number of rotatable bonds is 18. The molecular weight excluding hydrogens is 835 g/mol. The van der Waals surface area contributed by atoms with Crippen LogP contribution >= 0.6 is 0 Å². The first-order valence-corrected chi connectivity index (χ1v) is 24.2. The minimum atomic E-state index is -1.19. The third-order valence-corrected chi connectivity index (χ3v) is 14.6. The highest BCUT2D eigenvalue weighted by molar-refractivity contribution is 6.46. The molecule has 0 unspecified atom stereocenters. The van der Waals surface area contributed by atoms with Gasteiger partial charge >= 0.3 is 7.12 Å². The molecule has 6 bridgehead atoms. The third kappa shape index (κ3) is 10.6. The zero-order valence-corrected chi connectivity index (χ0v) is 39.8. The van der Waals surface area contributed by atoms with Gasteiger partial charge in [0.25, 0.3) is 5.91 Å². The molecule has 8 rings (SSSR count). The molecule has 1 saturated heterocycles. The molecule has 7 N–H and O–H groups in total. The molecule has 66 heavy (non-hydrogen) atoms. The fourth-order valence-electron chi connectivity index (χ4n) is 10.7. The Morgan fingerprint density at radius 1 is 0.864 bits per heavy atom. The quantitative estimate of drug-likeness (QED) is 0.0784. The topological polar surface area (TPSA) is 197 Å². The summed E-state index contributed by atoms with van der Waals surface area (Å²) in [6, 6.07) is 15.1. The van der Waals surface area contributed by atoms with Crippen molar-refractivity contribution in [2.24, 2.45) is 28.7 Å². The molecular formula is C51H71BN6O8. The fraction of sp³-hybridized carbons (Fsp3) is 0.569. The number of hydrogen-bond donors (Lipinski definition) is 5. The lowest BCUT2D eigenvalue weighted by atomic mass is 9.43. The number of aryl methyl sites for hydroxylation is 1. The average molecular weight is 907 g/mol. The second kappa shape index (κ2) is 21.3. The maximum Gasteiger partial charge on any atom is 0.478 e. The number of fused-ring (bicyclic) bond motifs is 5. The number of nitrogens with zero attached hydrogens (tertiary/aromatic N) is 1. The van der Waals surface area contributed by atoms with Crippen LogP contribution in [0.4, 0.5) is 0 Å². The molecule has 0 aromatic heterocycles. The zero-order chi connectivity index (χ0) is 47.2. The minimum Gasteiger partial charge on any atom is -0.492 e. The summed E-state index contributed by atoms with van der Waals surface area (Å²) in [5.74, 6) is -0.0710. The maximum atomic E-state index is 14.6. The van der Waals surface area contributed by atoms with E-state index in [1.165, 1.54) is 30.6 Å². The molecule has 3 aromatic carbocycles. The van der Waals surface area contributed by atoms with Crippen molar-refractivity contribution in [1.82, 2.24) is 20.9 Å². The summed E-state index contributed by atoms with van der Waals surface area (Å²) in [6.45, 7) is 11.4. The molecule has 7 atom stereocenters. The largest absolute Gasteiger partial charge is 0.492 e. The first kappa shape index (κ1) is 49.0. The van der Waals surface area contributed by atoms with E-state index in [2.05, 4.69) is 43.6 Å². The molecule has 3 aliphatic carbocycles. The second-order valence-corrected chi connectivity index (χ2v) is 19.5. The molecule has 2 heterocycles. The Balaban J connectivity index is 1.18. The number of nitrogens with one attached hydrogen (secondary N) is 3.